The van der Waals surface area contributed by atoms with E-state index in [1.165, 1.54) is 0 Å². The number of ether oxygens (including phenoxy) is 1. The van der Waals surface area contributed by atoms with E-state index in [9.17, 15) is 9.59 Å². The molecule has 1 spiro atoms. The number of carbonyl (C=O) groups is 2. The van der Waals surface area contributed by atoms with Crippen molar-refractivity contribution in [2.24, 2.45) is 0 Å². The highest BCUT2D eigenvalue weighted by Crippen LogP contribution is 2.46. The van der Waals surface area contributed by atoms with E-state index in [0.29, 0.717) is 19.5 Å². The number of likely N-dealkylation sites (tertiary alicyclic amines) is 1. The third-order valence-corrected chi connectivity index (χ3v) is 5.39. The molecule has 0 saturated carbocycles. The van der Waals surface area contributed by atoms with Crippen LogP contribution in [0.15, 0.2) is 24.3 Å². The lowest BCUT2D eigenvalue weighted by atomic mass is 9.76. The maximum Gasteiger partial charge on any atom is 0.317 e. The molecule has 1 saturated heterocycles. The number of fused-ring (bicyclic) bond motifs is 1. The summed E-state index contributed by atoms with van der Waals surface area (Å²) in [5.41, 5.74) is 0.823. The van der Waals surface area contributed by atoms with Gasteiger partial charge in [0.05, 0.1) is 0 Å². The molecule has 0 radical (unpaired) electrons. The van der Waals surface area contributed by atoms with Crippen LogP contribution in [-0.2, 0) is 4.79 Å². The molecule has 0 bridgehead atoms. The molecule has 2 aliphatic rings. The van der Waals surface area contributed by atoms with E-state index in [0.717, 1.165) is 30.6 Å². The van der Waals surface area contributed by atoms with E-state index in [2.05, 4.69) is 16.7 Å². The Morgan fingerprint density at radius 3 is 2.62 bits per heavy atom. The molecule has 2 heterocycles. The summed E-state index contributed by atoms with van der Waals surface area (Å²) in [6, 6.07) is 8.14. The molecule has 1 aromatic rings. The fourth-order valence-electron chi connectivity index (χ4n) is 4.01. The van der Waals surface area contributed by atoms with E-state index in [4.69, 9.17) is 4.74 Å². The molecule has 0 aromatic heterocycles. The van der Waals surface area contributed by atoms with Crippen LogP contribution in [0.1, 0.15) is 51.0 Å². The summed E-state index contributed by atoms with van der Waals surface area (Å²) in [5.74, 6) is 1.08. The second-order valence-corrected chi connectivity index (χ2v) is 7.69. The number of para-hydroxylation sites is 1. The number of nitrogens with zero attached hydrogens (tertiary/aromatic N) is 1. The van der Waals surface area contributed by atoms with E-state index in [1.54, 1.807) is 7.05 Å². The van der Waals surface area contributed by atoms with Gasteiger partial charge < -0.3 is 20.3 Å². The Labute approximate surface area is 155 Å². The Morgan fingerprint density at radius 1 is 1.27 bits per heavy atom. The topological polar surface area (TPSA) is 70.7 Å². The Kier molecular flexibility index (Phi) is 5.39. The Hall–Kier alpha value is -2.24. The Balaban J connectivity index is 1.73. The third-order valence-electron chi connectivity index (χ3n) is 5.39. The summed E-state index contributed by atoms with van der Waals surface area (Å²) in [6.45, 7) is 5.28. The van der Waals surface area contributed by atoms with Crippen LogP contribution >= 0.6 is 0 Å². The zero-order valence-electron chi connectivity index (χ0n) is 15.9. The van der Waals surface area contributed by atoms with Gasteiger partial charge in [-0.15, -0.1) is 0 Å². The van der Waals surface area contributed by atoms with Crippen molar-refractivity contribution in [2.75, 3.05) is 20.1 Å². The highest BCUT2D eigenvalue weighted by atomic mass is 16.5. The molecule has 1 unspecified atom stereocenters. The van der Waals surface area contributed by atoms with Crippen LogP contribution in [0.25, 0.3) is 0 Å². The number of nitrogens with one attached hydrogen (secondary N) is 2. The maximum atomic E-state index is 12.2. The normalized spacial score (nSPS) is 21.1. The molecule has 1 atom stereocenters. The molecule has 1 fully saturated rings. The summed E-state index contributed by atoms with van der Waals surface area (Å²) in [7, 11) is 1.68. The van der Waals surface area contributed by atoms with E-state index in [-0.39, 0.29) is 29.5 Å². The quantitative estimate of drug-likeness (QED) is 0.872. The molecule has 1 aromatic carbocycles. The van der Waals surface area contributed by atoms with Gasteiger partial charge in [-0.1, -0.05) is 18.2 Å². The van der Waals surface area contributed by atoms with Crippen molar-refractivity contribution >= 4 is 11.9 Å². The smallest absolute Gasteiger partial charge is 0.317 e. The summed E-state index contributed by atoms with van der Waals surface area (Å²) in [5, 5.41) is 5.69. The highest BCUT2D eigenvalue weighted by Gasteiger charge is 2.44. The number of carbonyl (C=O) groups excluding carboxylic acids is 2. The lowest BCUT2D eigenvalue weighted by Gasteiger charge is -2.47. The Morgan fingerprint density at radius 2 is 1.96 bits per heavy atom. The number of piperidine rings is 1. The van der Waals surface area contributed by atoms with E-state index >= 15 is 0 Å². The van der Waals surface area contributed by atoms with Crippen molar-refractivity contribution in [3.8, 4) is 5.75 Å². The van der Waals surface area contributed by atoms with Gasteiger partial charge in [-0.3, -0.25) is 4.79 Å². The van der Waals surface area contributed by atoms with Crippen LogP contribution in [0.4, 0.5) is 4.79 Å². The molecule has 2 N–H and O–H groups in total. The van der Waals surface area contributed by atoms with Gasteiger partial charge in [0.2, 0.25) is 5.91 Å². The molecular formula is C20H29N3O3. The molecule has 26 heavy (non-hydrogen) atoms. The maximum absolute atomic E-state index is 12.2. The predicted molar refractivity (Wildman–Crippen MR) is 100 cm³/mol. The van der Waals surface area contributed by atoms with Gasteiger partial charge in [0.25, 0.3) is 0 Å². The zero-order chi connectivity index (χ0) is 18.7. The molecule has 0 aliphatic carbocycles. The molecule has 2 aliphatic heterocycles. The summed E-state index contributed by atoms with van der Waals surface area (Å²) in [6.07, 6.45) is 2.86. The van der Waals surface area contributed by atoms with Crippen LogP contribution in [0, 0.1) is 0 Å². The fraction of sp³-hybridized carbons (Fsp3) is 0.600. The number of benzene rings is 1. The van der Waals surface area contributed by atoms with Gasteiger partial charge in [-0.05, 0) is 31.9 Å². The van der Waals surface area contributed by atoms with Crippen molar-refractivity contribution in [3.63, 3.8) is 0 Å². The summed E-state index contributed by atoms with van der Waals surface area (Å²) < 4.78 is 6.42. The molecule has 142 valence electrons. The van der Waals surface area contributed by atoms with Gasteiger partial charge in [-0.25, -0.2) is 4.79 Å². The monoisotopic (exact) mass is 359 g/mol. The van der Waals surface area contributed by atoms with Crippen LogP contribution in [0.2, 0.25) is 0 Å². The highest BCUT2D eigenvalue weighted by molar-refractivity contribution is 5.77. The summed E-state index contributed by atoms with van der Waals surface area (Å²) >= 11 is 0. The minimum Gasteiger partial charge on any atom is -0.487 e. The van der Waals surface area contributed by atoms with Crippen LogP contribution < -0.4 is 15.4 Å². The molecule has 6 nitrogen and oxygen atoms in total. The zero-order valence-corrected chi connectivity index (χ0v) is 15.9. The van der Waals surface area contributed by atoms with Crippen molar-refractivity contribution in [3.05, 3.63) is 29.8 Å². The van der Waals surface area contributed by atoms with Crippen molar-refractivity contribution in [1.29, 1.82) is 0 Å². The average molecular weight is 359 g/mol. The standard InChI is InChI=1S/C20H29N3O3/c1-14(2)22-19(25)23-10-8-20(9-11-23)13-15(12-18(24)21-3)16-6-4-5-7-17(16)26-20/h4-7,14-15H,8-13H2,1-3H3,(H,21,24)(H,22,25). The molecule has 6 heteroatoms. The minimum atomic E-state index is -0.290. The van der Waals surface area contributed by atoms with Crippen LogP contribution in [-0.4, -0.2) is 48.6 Å². The van der Waals surface area contributed by atoms with Gasteiger partial charge in [0, 0.05) is 51.4 Å². The number of hydrogen-bond donors (Lipinski definition) is 2. The fourth-order valence-corrected chi connectivity index (χ4v) is 4.01. The predicted octanol–water partition coefficient (Wildman–Crippen LogP) is 2.64. The Bertz CT molecular complexity index is 666. The number of amides is 3. The molecule has 3 amide bonds. The minimum absolute atomic E-state index is 0.00651. The number of urea groups is 1. The van der Waals surface area contributed by atoms with E-state index < -0.39 is 0 Å². The number of hydrogen-bond acceptors (Lipinski definition) is 3. The average Bonchev–Trinajstić information content (AvgIpc) is 2.61. The first-order chi connectivity index (χ1) is 12.4. The first kappa shape index (κ1) is 18.5. The van der Waals surface area contributed by atoms with Gasteiger partial charge in [-0.2, -0.15) is 0 Å². The van der Waals surface area contributed by atoms with Gasteiger partial charge in [0.15, 0.2) is 0 Å². The van der Waals surface area contributed by atoms with Crippen molar-refractivity contribution in [1.82, 2.24) is 15.5 Å². The molecule has 3 rings (SSSR count). The largest absolute Gasteiger partial charge is 0.487 e. The summed E-state index contributed by atoms with van der Waals surface area (Å²) in [4.78, 5) is 26.1. The first-order valence-corrected chi connectivity index (χ1v) is 9.46. The van der Waals surface area contributed by atoms with E-state index in [1.807, 2.05) is 36.9 Å². The van der Waals surface area contributed by atoms with Gasteiger partial charge in [0.1, 0.15) is 11.4 Å². The SMILES string of the molecule is CNC(=O)CC1CC2(CCN(C(=O)NC(C)C)CC2)Oc2ccccc21. The van der Waals surface area contributed by atoms with Crippen molar-refractivity contribution in [2.45, 2.75) is 57.1 Å². The van der Waals surface area contributed by atoms with Crippen LogP contribution in [0.3, 0.4) is 0 Å². The second kappa shape index (κ2) is 7.56. The molecular weight excluding hydrogens is 330 g/mol. The van der Waals surface area contributed by atoms with Crippen molar-refractivity contribution < 1.29 is 14.3 Å². The van der Waals surface area contributed by atoms with Gasteiger partial charge >= 0.3 is 6.03 Å². The lowest BCUT2D eigenvalue weighted by molar-refractivity contribution is -0.121. The lowest BCUT2D eigenvalue weighted by Crippen LogP contribution is -2.54. The number of rotatable bonds is 3. The first-order valence-electron chi connectivity index (χ1n) is 9.46. The third kappa shape index (κ3) is 3.94. The van der Waals surface area contributed by atoms with Crippen LogP contribution in [0.5, 0.6) is 5.75 Å². The second-order valence-electron chi connectivity index (χ2n) is 7.69.